The summed E-state index contributed by atoms with van der Waals surface area (Å²) >= 11 is 1.54. The Hall–Kier alpha value is -3.23. The van der Waals surface area contributed by atoms with Gasteiger partial charge in [0.25, 0.3) is 15.9 Å². The number of aryl methyl sites for hydroxylation is 2. The Bertz CT molecular complexity index is 1330. The van der Waals surface area contributed by atoms with Crippen molar-refractivity contribution in [2.75, 3.05) is 4.72 Å². The zero-order chi connectivity index (χ0) is 22.0. The van der Waals surface area contributed by atoms with Gasteiger partial charge in [0.1, 0.15) is 5.01 Å². The van der Waals surface area contributed by atoms with Gasteiger partial charge in [-0.15, -0.1) is 11.3 Å². The number of sulfonamides is 1. The molecule has 0 unspecified atom stereocenters. The molecule has 3 aromatic carbocycles. The maximum absolute atomic E-state index is 12.6. The smallest absolute Gasteiger partial charge is 0.261 e. The van der Waals surface area contributed by atoms with E-state index in [1.165, 1.54) is 0 Å². The van der Waals surface area contributed by atoms with E-state index < -0.39 is 10.0 Å². The van der Waals surface area contributed by atoms with Crippen LogP contribution >= 0.6 is 11.3 Å². The second kappa shape index (κ2) is 8.49. The molecular formula is C23H21N3O3S2. The van der Waals surface area contributed by atoms with Crippen molar-refractivity contribution in [3.63, 3.8) is 0 Å². The molecule has 0 spiro atoms. The van der Waals surface area contributed by atoms with Crippen LogP contribution in [-0.2, 0) is 16.6 Å². The lowest BCUT2D eigenvalue weighted by molar-refractivity contribution is 0.0951. The SMILES string of the molecule is Cc1ccc(S(=O)(=O)Nc2ccc(C(=O)NCc3nc4ccccc4s3)cc2)cc1C. The predicted molar refractivity (Wildman–Crippen MR) is 124 cm³/mol. The van der Waals surface area contributed by atoms with Gasteiger partial charge in [0.2, 0.25) is 0 Å². The number of amides is 1. The summed E-state index contributed by atoms with van der Waals surface area (Å²) in [7, 11) is -3.70. The van der Waals surface area contributed by atoms with Crippen molar-refractivity contribution in [1.29, 1.82) is 0 Å². The van der Waals surface area contributed by atoms with Gasteiger partial charge < -0.3 is 5.32 Å². The quantitative estimate of drug-likeness (QED) is 0.447. The molecule has 4 rings (SSSR count). The van der Waals surface area contributed by atoms with Crippen LogP contribution in [-0.4, -0.2) is 19.3 Å². The summed E-state index contributed by atoms with van der Waals surface area (Å²) in [6, 6.07) is 19.1. The fourth-order valence-electron chi connectivity index (χ4n) is 3.04. The van der Waals surface area contributed by atoms with Crippen LogP contribution in [0.3, 0.4) is 0 Å². The van der Waals surface area contributed by atoms with Gasteiger partial charge >= 0.3 is 0 Å². The third-order valence-corrected chi connectivity index (χ3v) is 7.34. The van der Waals surface area contributed by atoms with Gasteiger partial charge in [0.15, 0.2) is 0 Å². The molecule has 0 aliphatic carbocycles. The zero-order valence-corrected chi connectivity index (χ0v) is 18.7. The van der Waals surface area contributed by atoms with Crippen LogP contribution in [0.25, 0.3) is 10.2 Å². The lowest BCUT2D eigenvalue weighted by Gasteiger charge is -2.10. The van der Waals surface area contributed by atoms with E-state index in [1.54, 1.807) is 53.8 Å². The molecule has 8 heteroatoms. The summed E-state index contributed by atoms with van der Waals surface area (Å²) < 4.78 is 28.9. The molecule has 0 radical (unpaired) electrons. The minimum absolute atomic E-state index is 0.202. The Morgan fingerprint density at radius 2 is 1.71 bits per heavy atom. The Morgan fingerprint density at radius 3 is 2.42 bits per heavy atom. The molecule has 2 N–H and O–H groups in total. The second-order valence-electron chi connectivity index (χ2n) is 7.19. The van der Waals surface area contributed by atoms with E-state index >= 15 is 0 Å². The van der Waals surface area contributed by atoms with E-state index in [0.717, 1.165) is 26.4 Å². The van der Waals surface area contributed by atoms with Gasteiger partial charge in [-0.1, -0.05) is 18.2 Å². The molecule has 31 heavy (non-hydrogen) atoms. The standard InChI is InChI=1S/C23H21N3O3S2/c1-15-7-12-19(13-16(15)2)31(28,29)26-18-10-8-17(9-11-18)23(27)24-14-22-25-20-5-3-4-6-21(20)30-22/h3-13,26H,14H2,1-2H3,(H,24,27). The highest BCUT2D eigenvalue weighted by atomic mass is 32.2. The van der Waals surface area contributed by atoms with Crippen LogP contribution < -0.4 is 10.0 Å². The maximum Gasteiger partial charge on any atom is 0.261 e. The Kier molecular flexibility index (Phi) is 5.75. The van der Waals surface area contributed by atoms with Gasteiger partial charge in [-0.25, -0.2) is 13.4 Å². The second-order valence-corrected chi connectivity index (χ2v) is 9.98. The van der Waals surface area contributed by atoms with E-state index in [1.807, 2.05) is 38.1 Å². The molecule has 1 aromatic heterocycles. The number of aromatic nitrogens is 1. The summed E-state index contributed by atoms with van der Waals surface area (Å²) in [5, 5.41) is 3.68. The predicted octanol–water partition coefficient (Wildman–Crippen LogP) is 4.64. The van der Waals surface area contributed by atoms with Gasteiger partial charge in [-0.3, -0.25) is 9.52 Å². The van der Waals surface area contributed by atoms with E-state index in [9.17, 15) is 13.2 Å². The van der Waals surface area contributed by atoms with Crippen molar-refractivity contribution in [3.05, 3.63) is 88.4 Å². The molecule has 4 aromatic rings. The molecule has 158 valence electrons. The maximum atomic E-state index is 12.6. The van der Waals surface area contributed by atoms with Gasteiger partial charge in [0, 0.05) is 11.3 Å². The molecule has 0 saturated heterocycles. The lowest BCUT2D eigenvalue weighted by Crippen LogP contribution is -2.22. The highest BCUT2D eigenvalue weighted by molar-refractivity contribution is 7.92. The van der Waals surface area contributed by atoms with Crippen LogP contribution in [0.15, 0.2) is 71.6 Å². The molecule has 1 amide bonds. The van der Waals surface area contributed by atoms with E-state index in [2.05, 4.69) is 15.0 Å². The fourth-order valence-corrected chi connectivity index (χ4v) is 5.09. The summed E-state index contributed by atoms with van der Waals surface area (Å²) in [6.45, 7) is 4.13. The average Bonchev–Trinajstić information content (AvgIpc) is 3.17. The van der Waals surface area contributed by atoms with Crippen LogP contribution in [0.5, 0.6) is 0 Å². The first kappa shape index (κ1) is 21.0. The van der Waals surface area contributed by atoms with Crippen molar-refractivity contribution in [1.82, 2.24) is 10.3 Å². The summed E-state index contributed by atoms with van der Waals surface area (Å²) in [5.74, 6) is -0.247. The summed E-state index contributed by atoms with van der Waals surface area (Å²) in [6.07, 6.45) is 0. The van der Waals surface area contributed by atoms with Gasteiger partial charge in [-0.2, -0.15) is 0 Å². The molecule has 0 aliphatic heterocycles. The Labute approximate surface area is 185 Å². The van der Waals surface area contributed by atoms with Crippen molar-refractivity contribution < 1.29 is 13.2 Å². The largest absolute Gasteiger partial charge is 0.346 e. The van der Waals surface area contributed by atoms with Crippen molar-refractivity contribution in [2.24, 2.45) is 0 Å². The first-order chi connectivity index (χ1) is 14.8. The number of benzene rings is 3. The van der Waals surface area contributed by atoms with Crippen molar-refractivity contribution >= 4 is 43.2 Å². The number of carbonyl (C=O) groups excluding carboxylic acids is 1. The monoisotopic (exact) mass is 451 g/mol. The molecular weight excluding hydrogens is 430 g/mol. The highest BCUT2D eigenvalue weighted by Crippen LogP contribution is 2.22. The van der Waals surface area contributed by atoms with E-state index in [-0.39, 0.29) is 10.8 Å². The van der Waals surface area contributed by atoms with Crippen LogP contribution in [0.2, 0.25) is 0 Å². The first-order valence-corrected chi connectivity index (χ1v) is 11.9. The summed E-state index contributed by atoms with van der Waals surface area (Å²) in [5.41, 5.74) is 3.68. The lowest BCUT2D eigenvalue weighted by atomic mass is 10.1. The number of carbonyl (C=O) groups is 1. The third-order valence-electron chi connectivity index (χ3n) is 4.93. The number of fused-ring (bicyclic) bond motifs is 1. The number of nitrogens with zero attached hydrogens (tertiary/aromatic N) is 1. The number of nitrogens with one attached hydrogen (secondary N) is 2. The number of hydrogen-bond acceptors (Lipinski definition) is 5. The number of para-hydroxylation sites is 1. The molecule has 0 saturated carbocycles. The normalized spacial score (nSPS) is 11.4. The average molecular weight is 452 g/mol. The highest BCUT2D eigenvalue weighted by Gasteiger charge is 2.15. The number of thiazole rings is 1. The molecule has 0 atom stereocenters. The first-order valence-electron chi connectivity index (χ1n) is 9.65. The van der Waals surface area contributed by atoms with Crippen LogP contribution in [0, 0.1) is 13.8 Å². The summed E-state index contributed by atoms with van der Waals surface area (Å²) in [4.78, 5) is 17.1. The van der Waals surface area contributed by atoms with Crippen LogP contribution in [0.4, 0.5) is 5.69 Å². The Balaban J connectivity index is 1.41. The van der Waals surface area contributed by atoms with Crippen molar-refractivity contribution in [3.8, 4) is 0 Å². The minimum Gasteiger partial charge on any atom is -0.346 e. The third kappa shape index (κ3) is 4.76. The molecule has 0 bridgehead atoms. The number of anilines is 1. The van der Waals surface area contributed by atoms with E-state index in [4.69, 9.17) is 0 Å². The topological polar surface area (TPSA) is 88.2 Å². The Morgan fingerprint density at radius 1 is 0.968 bits per heavy atom. The minimum atomic E-state index is -3.70. The molecule has 0 aliphatic rings. The number of hydrogen-bond donors (Lipinski definition) is 2. The fraction of sp³-hybridized carbons (Fsp3) is 0.130. The van der Waals surface area contributed by atoms with Crippen molar-refractivity contribution in [2.45, 2.75) is 25.3 Å². The van der Waals surface area contributed by atoms with Gasteiger partial charge in [0.05, 0.1) is 21.7 Å². The van der Waals surface area contributed by atoms with E-state index in [0.29, 0.717) is 17.8 Å². The molecule has 1 heterocycles. The number of rotatable bonds is 6. The molecule has 0 fully saturated rings. The zero-order valence-electron chi connectivity index (χ0n) is 17.0. The van der Waals surface area contributed by atoms with Crippen LogP contribution in [0.1, 0.15) is 26.5 Å². The van der Waals surface area contributed by atoms with Gasteiger partial charge in [-0.05, 0) is 73.5 Å². The molecule has 6 nitrogen and oxygen atoms in total.